The van der Waals surface area contributed by atoms with Gasteiger partial charge in [-0.1, -0.05) is 26.7 Å². The second-order valence-electron chi connectivity index (χ2n) is 4.44. The van der Waals surface area contributed by atoms with Gasteiger partial charge in [-0.25, -0.2) is 0 Å². The summed E-state index contributed by atoms with van der Waals surface area (Å²) in [6, 6.07) is 7.31. The highest BCUT2D eigenvalue weighted by molar-refractivity contribution is 5.95. The lowest BCUT2D eigenvalue weighted by Gasteiger charge is -2.25. The van der Waals surface area contributed by atoms with E-state index in [0.29, 0.717) is 0 Å². The van der Waals surface area contributed by atoms with E-state index in [-0.39, 0.29) is 11.3 Å². The topological polar surface area (TPSA) is 29.1 Å². The maximum absolute atomic E-state index is 12.1. The molecule has 1 aromatic carbocycles. The van der Waals surface area contributed by atoms with Crippen molar-refractivity contribution >= 4 is 11.6 Å². The quantitative estimate of drug-likeness (QED) is 0.787. The third-order valence-electron chi connectivity index (χ3n) is 3.42. The lowest BCUT2D eigenvalue weighted by atomic mass is 9.84. The second kappa shape index (κ2) is 5.54. The average molecular weight is 229 g/mol. The van der Waals surface area contributed by atoms with E-state index < -0.39 is 0 Å². The Balaban J connectivity index is 2.78. The van der Waals surface area contributed by atoms with E-state index in [2.05, 4.69) is 11.2 Å². The summed E-state index contributed by atoms with van der Waals surface area (Å²) < 4.78 is 0. The SMILES string of the molecule is C#Cc1ccc(NC(=O)C(C)(CC)CC)cc1. The van der Waals surface area contributed by atoms with Crippen LogP contribution >= 0.6 is 0 Å². The summed E-state index contributed by atoms with van der Waals surface area (Å²) in [7, 11) is 0. The Kier molecular flexibility index (Phi) is 4.34. The molecule has 0 aliphatic carbocycles. The van der Waals surface area contributed by atoms with Gasteiger partial charge in [-0.3, -0.25) is 4.79 Å². The first-order valence-corrected chi connectivity index (χ1v) is 5.94. The number of anilines is 1. The number of carbonyl (C=O) groups excluding carboxylic acids is 1. The maximum Gasteiger partial charge on any atom is 0.230 e. The van der Waals surface area contributed by atoms with Gasteiger partial charge in [0.2, 0.25) is 5.91 Å². The largest absolute Gasteiger partial charge is 0.326 e. The number of terminal acetylenes is 1. The summed E-state index contributed by atoms with van der Waals surface area (Å²) in [6.07, 6.45) is 6.94. The van der Waals surface area contributed by atoms with Crippen molar-refractivity contribution in [2.75, 3.05) is 5.32 Å². The normalized spacial score (nSPS) is 10.7. The Morgan fingerprint density at radius 2 is 1.82 bits per heavy atom. The van der Waals surface area contributed by atoms with Crippen LogP contribution in [0.4, 0.5) is 5.69 Å². The molecule has 1 rings (SSSR count). The summed E-state index contributed by atoms with van der Waals surface area (Å²) in [5.74, 6) is 2.61. The van der Waals surface area contributed by atoms with Crippen molar-refractivity contribution in [3.05, 3.63) is 29.8 Å². The zero-order valence-corrected chi connectivity index (χ0v) is 10.7. The molecule has 0 saturated carbocycles. The smallest absolute Gasteiger partial charge is 0.230 e. The van der Waals surface area contributed by atoms with E-state index in [1.54, 1.807) is 0 Å². The number of benzene rings is 1. The van der Waals surface area contributed by atoms with Gasteiger partial charge < -0.3 is 5.32 Å². The first-order valence-electron chi connectivity index (χ1n) is 5.94. The molecule has 1 amide bonds. The first-order chi connectivity index (χ1) is 8.05. The predicted octanol–water partition coefficient (Wildman–Crippen LogP) is 3.43. The highest BCUT2D eigenvalue weighted by atomic mass is 16.2. The van der Waals surface area contributed by atoms with E-state index in [1.165, 1.54) is 0 Å². The number of rotatable bonds is 4. The second-order valence-corrected chi connectivity index (χ2v) is 4.44. The first kappa shape index (κ1) is 13.3. The maximum atomic E-state index is 12.1. The van der Waals surface area contributed by atoms with E-state index in [0.717, 1.165) is 24.1 Å². The van der Waals surface area contributed by atoms with E-state index in [4.69, 9.17) is 6.42 Å². The molecule has 0 unspecified atom stereocenters. The summed E-state index contributed by atoms with van der Waals surface area (Å²) in [5, 5.41) is 2.93. The third kappa shape index (κ3) is 3.10. The van der Waals surface area contributed by atoms with Crippen LogP contribution in [0.3, 0.4) is 0 Å². The van der Waals surface area contributed by atoms with Crippen LogP contribution in [0.2, 0.25) is 0 Å². The van der Waals surface area contributed by atoms with Crippen molar-refractivity contribution in [2.45, 2.75) is 33.6 Å². The molecule has 0 saturated heterocycles. The van der Waals surface area contributed by atoms with Crippen molar-refractivity contribution in [2.24, 2.45) is 5.41 Å². The average Bonchev–Trinajstić information content (AvgIpc) is 2.38. The van der Waals surface area contributed by atoms with E-state index in [9.17, 15) is 4.79 Å². The molecule has 1 aromatic rings. The van der Waals surface area contributed by atoms with Gasteiger partial charge in [0, 0.05) is 16.7 Å². The van der Waals surface area contributed by atoms with Crippen LogP contribution < -0.4 is 5.32 Å². The third-order valence-corrected chi connectivity index (χ3v) is 3.42. The molecular weight excluding hydrogens is 210 g/mol. The molecule has 0 bridgehead atoms. The molecule has 0 radical (unpaired) electrons. The molecule has 0 heterocycles. The molecule has 90 valence electrons. The number of hydrogen-bond donors (Lipinski definition) is 1. The van der Waals surface area contributed by atoms with Gasteiger partial charge in [0.05, 0.1) is 0 Å². The molecule has 0 atom stereocenters. The van der Waals surface area contributed by atoms with Gasteiger partial charge in [0.15, 0.2) is 0 Å². The molecule has 0 aromatic heterocycles. The van der Waals surface area contributed by atoms with Crippen LogP contribution in [0.25, 0.3) is 0 Å². The van der Waals surface area contributed by atoms with Crippen molar-refractivity contribution in [3.63, 3.8) is 0 Å². The van der Waals surface area contributed by atoms with Gasteiger partial charge in [-0.15, -0.1) is 6.42 Å². The summed E-state index contributed by atoms with van der Waals surface area (Å²) in [4.78, 5) is 12.1. The highest BCUT2D eigenvalue weighted by Gasteiger charge is 2.28. The number of amides is 1. The minimum absolute atomic E-state index is 0.0657. The summed E-state index contributed by atoms with van der Waals surface area (Å²) in [6.45, 7) is 6.05. The van der Waals surface area contributed by atoms with Gasteiger partial charge in [-0.2, -0.15) is 0 Å². The Bertz CT molecular complexity index is 421. The molecule has 2 heteroatoms. The van der Waals surface area contributed by atoms with E-state index >= 15 is 0 Å². The lowest BCUT2D eigenvalue weighted by Crippen LogP contribution is -2.32. The standard InChI is InChI=1S/C15H19NO/c1-5-12-8-10-13(11-9-12)16-14(17)15(4,6-2)7-3/h1,8-11H,6-7H2,2-4H3,(H,16,17). The fraction of sp³-hybridized carbons (Fsp3) is 0.400. The Labute approximate surface area is 103 Å². The molecular formula is C15H19NO. The molecule has 0 aliphatic rings. The van der Waals surface area contributed by atoms with Crippen molar-refractivity contribution in [1.29, 1.82) is 0 Å². The molecule has 0 spiro atoms. The Morgan fingerprint density at radius 3 is 2.24 bits per heavy atom. The number of hydrogen-bond acceptors (Lipinski definition) is 1. The van der Waals surface area contributed by atoms with Crippen LogP contribution in [0.15, 0.2) is 24.3 Å². The van der Waals surface area contributed by atoms with Crippen LogP contribution in [0, 0.1) is 17.8 Å². The van der Waals surface area contributed by atoms with Gasteiger partial charge in [0.25, 0.3) is 0 Å². The molecule has 0 aliphatic heterocycles. The molecule has 0 fully saturated rings. The fourth-order valence-corrected chi connectivity index (χ4v) is 1.50. The highest BCUT2D eigenvalue weighted by Crippen LogP contribution is 2.27. The van der Waals surface area contributed by atoms with Gasteiger partial charge >= 0.3 is 0 Å². The number of nitrogens with one attached hydrogen (secondary N) is 1. The summed E-state index contributed by atoms with van der Waals surface area (Å²) in [5.41, 5.74) is 1.31. The van der Waals surface area contributed by atoms with Crippen LogP contribution in [-0.4, -0.2) is 5.91 Å². The molecule has 1 N–H and O–H groups in total. The van der Waals surface area contributed by atoms with Crippen molar-refractivity contribution in [1.82, 2.24) is 0 Å². The van der Waals surface area contributed by atoms with Crippen LogP contribution in [-0.2, 0) is 4.79 Å². The van der Waals surface area contributed by atoms with Gasteiger partial charge in [-0.05, 0) is 37.1 Å². The minimum atomic E-state index is -0.301. The van der Waals surface area contributed by atoms with E-state index in [1.807, 2.05) is 45.0 Å². The zero-order chi connectivity index (χ0) is 12.9. The van der Waals surface area contributed by atoms with Crippen molar-refractivity contribution in [3.8, 4) is 12.3 Å². The minimum Gasteiger partial charge on any atom is -0.326 e. The fourth-order valence-electron chi connectivity index (χ4n) is 1.50. The van der Waals surface area contributed by atoms with Gasteiger partial charge in [0.1, 0.15) is 0 Å². The monoisotopic (exact) mass is 229 g/mol. The van der Waals surface area contributed by atoms with Crippen LogP contribution in [0.1, 0.15) is 39.2 Å². The number of carbonyl (C=O) groups is 1. The lowest BCUT2D eigenvalue weighted by molar-refractivity contribution is -0.125. The summed E-state index contributed by atoms with van der Waals surface area (Å²) >= 11 is 0. The molecule has 2 nitrogen and oxygen atoms in total. The zero-order valence-electron chi connectivity index (χ0n) is 10.7. The van der Waals surface area contributed by atoms with Crippen LogP contribution in [0.5, 0.6) is 0 Å². The Morgan fingerprint density at radius 1 is 1.29 bits per heavy atom. The van der Waals surface area contributed by atoms with Crippen molar-refractivity contribution < 1.29 is 4.79 Å². The Hall–Kier alpha value is -1.75. The predicted molar refractivity (Wildman–Crippen MR) is 71.7 cm³/mol. The molecule has 17 heavy (non-hydrogen) atoms.